The Morgan fingerprint density at radius 2 is 1.53 bits per heavy atom. The highest BCUT2D eigenvalue weighted by molar-refractivity contribution is 5.73. The fourth-order valence-electron chi connectivity index (χ4n) is 0.328. The van der Waals surface area contributed by atoms with Crippen molar-refractivity contribution >= 4 is 18.4 Å². The van der Waals surface area contributed by atoms with E-state index < -0.39 is 18.1 Å². The van der Waals surface area contributed by atoms with E-state index in [0.717, 1.165) is 12.8 Å². The average Bonchev–Trinajstić information content (AvgIpc) is 2.15. The second-order valence-corrected chi connectivity index (χ2v) is 2.41. The first-order valence-electron chi connectivity index (χ1n) is 4.23. The lowest BCUT2D eigenvalue weighted by molar-refractivity contribution is -0.192. The summed E-state index contributed by atoms with van der Waals surface area (Å²) in [5, 5.41) is 22.1. The summed E-state index contributed by atoms with van der Waals surface area (Å²) in [6.45, 7) is 1.73. The summed E-state index contributed by atoms with van der Waals surface area (Å²) in [7, 11) is 0. The summed E-state index contributed by atoms with van der Waals surface area (Å²) in [4.78, 5) is 27.0. The van der Waals surface area contributed by atoms with Crippen LogP contribution in [0, 0.1) is 0 Å². The van der Waals surface area contributed by atoms with Crippen molar-refractivity contribution < 1.29 is 42.9 Å². The van der Waals surface area contributed by atoms with Crippen molar-refractivity contribution in [2.75, 3.05) is 0 Å². The molecule has 102 valence electrons. The molecule has 0 saturated carbocycles. The number of hydrogen-bond donors (Lipinski definition) is 3. The first kappa shape index (κ1) is 20.6. The van der Waals surface area contributed by atoms with Crippen LogP contribution in [0.4, 0.5) is 13.2 Å². The Morgan fingerprint density at radius 1 is 1.24 bits per heavy atom. The molecule has 17 heavy (non-hydrogen) atoms. The first-order chi connectivity index (χ1) is 7.63. The van der Waals surface area contributed by atoms with Crippen LogP contribution >= 0.6 is 0 Å². The molecule has 0 radical (unpaired) electrons. The number of carbonyl (C=O) groups is 3. The van der Waals surface area contributed by atoms with E-state index in [1.165, 1.54) is 0 Å². The van der Waals surface area contributed by atoms with Gasteiger partial charge in [-0.05, 0) is 6.42 Å². The van der Waals surface area contributed by atoms with Gasteiger partial charge in [-0.1, -0.05) is 13.3 Å². The van der Waals surface area contributed by atoms with Gasteiger partial charge < -0.3 is 15.3 Å². The molecule has 0 rings (SSSR count). The van der Waals surface area contributed by atoms with Crippen LogP contribution in [0.1, 0.15) is 26.2 Å². The zero-order chi connectivity index (χ0) is 14.5. The summed E-state index contributed by atoms with van der Waals surface area (Å²) >= 11 is 0. The lowest BCUT2D eigenvalue weighted by Crippen LogP contribution is -2.21. The summed E-state index contributed by atoms with van der Waals surface area (Å²) < 4.78 is 31.7. The van der Waals surface area contributed by atoms with Gasteiger partial charge in [0.2, 0.25) is 0 Å². The molecule has 0 aromatic heterocycles. The van der Waals surface area contributed by atoms with Crippen LogP contribution < -0.4 is 0 Å². The van der Waals surface area contributed by atoms with Gasteiger partial charge in [0.25, 0.3) is 6.47 Å². The Morgan fingerprint density at radius 3 is 1.59 bits per heavy atom. The van der Waals surface area contributed by atoms with Crippen LogP contribution in [0.15, 0.2) is 0 Å². The van der Waals surface area contributed by atoms with Crippen LogP contribution in [-0.4, -0.2) is 39.9 Å². The van der Waals surface area contributed by atoms with Crippen molar-refractivity contribution in [2.45, 2.75) is 32.4 Å². The number of carboxylic acid groups (broad SMARTS) is 3. The predicted molar refractivity (Wildman–Crippen MR) is 49.5 cm³/mol. The fraction of sp³-hybridized carbons (Fsp3) is 0.625. The number of rotatable bonds is 3. The van der Waals surface area contributed by atoms with E-state index in [-0.39, 0.29) is 6.47 Å². The third kappa shape index (κ3) is 31.4. The molecule has 0 spiro atoms. The molecule has 0 heterocycles. The molecular formula is C8H13F3O6. The van der Waals surface area contributed by atoms with E-state index in [1.54, 1.807) is 0 Å². The molecule has 0 aliphatic rings. The molecule has 0 aliphatic heterocycles. The van der Waals surface area contributed by atoms with Gasteiger partial charge in [-0.15, -0.1) is 0 Å². The van der Waals surface area contributed by atoms with Crippen LogP contribution in [0.3, 0.4) is 0 Å². The summed E-state index contributed by atoms with van der Waals surface area (Å²) in [6, 6.07) is 0. The molecule has 0 saturated heterocycles. The van der Waals surface area contributed by atoms with Gasteiger partial charge in [0.1, 0.15) is 0 Å². The van der Waals surface area contributed by atoms with Gasteiger partial charge in [-0.3, -0.25) is 9.59 Å². The van der Waals surface area contributed by atoms with Crippen molar-refractivity contribution in [1.29, 1.82) is 0 Å². The Balaban J connectivity index is -0.000000188. The molecule has 0 aliphatic carbocycles. The van der Waals surface area contributed by atoms with Crippen molar-refractivity contribution in [3.8, 4) is 0 Å². The highest BCUT2D eigenvalue weighted by Gasteiger charge is 2.38. The quantitative estimate of drug-likeness (QED) is 0.666. The fourth-order valence-corrected chi connectivity index (χ4v) is 0.328. The molecule has 3 N–H and O–H groups in total. The minimum atomic E-state index is -5.08. The van der Waals surface area contributed by atoms with Gasteiger partial charge >= 0.3 is 18.1 Å². The first-order valence-corrected chi connectivity index (χ1v) is 4.23. The standard InChI is InChI=1S/C5H10O2.C2HF3O2.CH2O2/c1-2-3-4-5(6)7;3-2(4,5)1(6)7;2-1-3/h2-4H2,1H3,(H,6,7);(H,6,7);1H,(H,2,3). The van der Waals surface area contributed by atoms with Gasteiger partial charge in [0.15, 0.2) is 0 Å². The largest absolute Gasteiger partial charge is 0.490 e. The predicted octanol–water partition coefficient (Wildman–Crippen LogP) is 1.60. The van der Waals surface area contributed by atoms with E-state index in [1.807, 2.05) is 6.92 Å². The highest BCUT2D eigenvalue weighted by atomic mass is 19.4. The number of hydrogen-bond acceptors (Lipinski definition) is 3. The molecule has 0 aromatic rings. The number of aliphatic carboxylic acids is 2. The topological polar surface area (TPSA) is 112 Å². The number of halogens is 3. The molecule has 0 amide bonds. The number of unbranched alkanes of at least 4 members (excludes halogenated alkanes) is 1. The Hall–Kier alpha value is -1.80. The number of alkyl halides is 3. The van der Waals surface area contributed by atoms with Crippen LogP contribution in [0.2, 0.25) is 0 Å². The van der Waals surface area contributed by atoms with E-state index in [4.69, 9.17) is 24.9 Å². The van der Waals surface area contributed by atoms with E-state index >= 15 is 0 Å². The minimum absolute atomic E-state index is 0.250. The molecule has 6 nitrogen and oxygen atoms in total. The second-order valence-electron chi connectivity index (χ2n) is 2.41. The van der Waals surface area contributed by atoms with Crippen LogP contribution in [0.25, 0.3) is 0 Å². The van der Waals surface area contributed by atoms with E-state index in [9.17, 15) is 18.0 Å². The second kappa shape index (κ2) is 12.3. The van der Waals surface area contributed by atoms with Crippen molar-refractivity contribution in [2.24, 2.45) is 0 Å². The van der Waals surface area contributed by atoms with Gasteiger partial charge in [0, 0.05) is 6.42 Å². The molecule has 0 fully saturated rings. The van der Waals surface area contributed by atoms with Crippen LogP contribution in [-0.2, 0) is 14.4 Å². The Kier molecular flexibility index (Phi) is 14.9. The molecule has 0 aromatic carbocycles. The van der Waals surface area contributed by atoms with Gasteiger partial charge in [-0.25, -0.2) is 4.79 Å². The van der Waals surface area contributed by atoms with Gasteiger partial charge in [-0.2, -0.15) is 13.2 Å². The average molecular weight is 262 g/mol. The SMILES string of the molecule is CCCCC(=O)O.O=C(O)C(F)(F)F.O=CO. The Bertz CT molecular complexity index is 226. The lowest BCUT2D eigenvalue weighted by atomic mass is 10.3. The lowest BCUT2D eigenvalue weighted by Gasteiger charge is -1.93. The van der Waals surface area contributed by atoms with Crippen LogP contribution in [0.5, 0.6) is 0 Å². The molecule has 0 atom stereocenters. The molecule has 0 bridgehead atoms. The molecule has 9 heteroatoms. The maximum absolute atomic E-state index is 10.6. The summed E-state index contributed by atoms with van der Waals surface area (Å²) in [5.41, 5.74) is 0. The Labute approximate surface area is 94.7 Å². The van der Waals surface area contributed by atoms with E-state index in [0.29, 0.717) is 6.42 Å². The monoisotopic (exact) mass is 262 g/mol. The van der Waals surface area contributed by atoms with Gasteiger partial charge in [0.05, 0.1) is 0 Å². The maximum atomic E-state index is 10.6. The zero-order valence-electron chi connectivity index (χ0n) is 8.90. The maximum Gasteiger partial charge on any atom is 0.490 e. The summed E-state index contributed by atoms with van der Waals surface area (Å²) in [6.07, 6.45) is -3.00. The van der Waals surface area contributed by atoms with Crippen molar-refractivity contribution in [3.63, 3.8) is 0 Å². The summed E-state index contributed by atoms with van der Waals surface area (Å²) in [5.74, 6) is -3.45. The molecule has 0 unspecified atom stereocenters. The third-order valence-electron chi connectivity index (χ3n) is 0.987. The smallest absolute Gasteiger partial charge is 0.483 e. The zero-order valence-corrected chi connectivity index (χ0v) is 8.90. The minimum Gasteiger partial charge on any atom is -0.483 e. The highest BCUT2D eigenvalue weighted by Crippen LogP contribution is 2.13. The normalized spacial score (nSPS) is 8.94. The van der Waals surface area contributed by atoms with Crippen molar-refractivity contribution in [3.05, 3.63) is 0 Å². The van der Waals surface area contributed by atoms with Crippen molar-refractivity contribution in [1.82, 2.24) is 0 Å². The molecular weight excluding hydrogens is 249 g/mol. The van der Waals surface area contributed by atoms with E-state index in [2.05, 4.69) is 0 Å². The third-order valence-corrected chi connectivity index (χ3v) is 0.987. The number of carboxylic acids is 2.